The first-order valence-corrected chi connectivity index (χ1v) is 26.0. The van der Waals surface area contributed by atoms with Gasteiger partial charge in [-0.1, -0.05) is 178 Å². The van der Waals surface area contributed by atoms with E-state index in [-0.39, 0.29) is 28.5 Å². The number of aromatic nitrogens is 1. The molecule has 0 amide bonds. The van der Waals surface area contributed by atoms with Crippen LogP contribution in [0.3, 0.4) is 0 Å². The van der Waals surface area contributed by atoms with Crippen molar-refractivity contribution in [3.8, 4) is 16.8 Å². The third kappa shape index (κ3) is 6.49. The van der Waals surface area contributed by atoms with E-state index in [0.29, 0.717) is 0 Å². The van der Waals surface area contributed by atoms with Gasteiger partial charge in [0.15, 0.2) is 0 Å². The maximum Gasteiger partial charge on any atom is 0.333 e. The van der Waals surface area contributed by atoms with Crippen molar-refractivity contribution in [3.05, 3.63) is 192 Å². The van der Waals surface area contributed by atoms with Crippen molar-refractivity contribution in [1.82, 2.24) is 4.57 Å². The highest BCUT2D eigenvalue weighted by molar-refractivity contribution is 6.94. The summed E-state index contributed by atoms with van der Waals surface area (Å²) in [7, 11) is 0. The van der Waals surface area contributed by atoms with Gasteiger partial charge in [-0.15, -0.1) is 0 Å². The Morgan fingerprint density at radius 2 is 1.08 bits per heavy atom. The van der Waals surface area contributed by atoms with Crippen LogP contribution in [0.5, 0.6) is 0 Å². The minimum Gasteiger partial charge on any atom is -0.376 e. The largest absolute Gasteiger partial charge is 0.376 e. The van der Waals surface area contributed by atoms with Crippen molar-refractivity contribution in [1.29, 1.82) is 0 Å². The molecule has 0 atom stereocenters. The maximum absolute atomic E-state index is 2.78. The summed E-state index contributed by atoms with van der Waals surface area (Å²) in [4.78, 5) is 5.27. The predicted molar refractivity (Wildman–Crippen MR) is 307 cm³/mol. The first-order chi connectivity index (χ1) is 33.9. The van der Waals surface area contributed by atoms with E-state index in [2.05, 4.69) is 254 Å². The number of fused-ring (bicyclic) bond motifs is 12. The lowest BCUT2D eigenvalue weighted by atomic mass is 9.43. The molecule has 13 rings (SSSR count). The van der Waals surface area contributed by atoms with Gasteiger partial charge in [0.05, 0.1) is 11.0 Å². The molecule has 0 saturated heterocycles. The Kier molecular flexibility index (Phi) is 9.28. The third-order valence-corrected chi connectivity index (χ3v) is 17.0. The molecular formula is C67H64BN3. The number of hydrogen-bond acceptors (Lipinski definition) is 2. The molecule has 1 aliphatic carbocycles. The number of para-hydroxylation sites is 1. The molecule has 9 aromatic carbocycles. The Balaban J connectivity index is 1.15. The Bertz CT molecular complexity index is 3800. The summed E-state index contributed by atoms with van der Waals surface area (Å²) in [5.41, 5.74) is 22.2. The SMILES string of the molecule is Cc1cc2c(cc1N1B3c4c(cc5ccccc5c4-c4ccc(N(c5ccc(C(C)(C)C)cc5)c5ccc(C(C)(C)C)cc5)cc41)-n1c4ccc5ccccc5c4c4cccc3c41)C(C)(C)CCC2(C)C. The fraction of sp³-hybridized carbons (Fsp3) is 0.254. The molecule has 0 saturated carbocycles. The van der Waals surface area contributed by atoms with Crippen LogP contribution >= 0.6 is 0 Å². The average molecular weight is 922 g/mol. The molecule has 4 heteroatoms. The first-order valence-electron chi connectivity index (χ1n) is 26.0. The van der Waals surface area contributed by atoms with Crippen molar-refractivity contribution in [3.63, 3.8) is 0 Å². The van der Waals surface area contributed by atoms with Gasteiger partial charge in [-0.3, -0.25) is 0 Å². The number of nitrogens with zero attached hydrogens (tertiary/aromatic N) is 3. The van der Waals surface area contributed by atoms with Crippen LogP contribution in [-0.2, 0) is 21.7 Å². The molecule has 0 bridgehead atoms. The second-order valence-electron chi connectivity index (χ2n) is 24.5. The van der Waals surface area contributed by atoms with Gasteiger partial charge in [0.2, 0.25) is 0 Å². The predicted octanol–water partition coefficient (Wildman–Crippen LogP) is 17.1. The van der Waals surface area contributed by atoms with Crippen molar-refractivity contribution in [2.24, 2.45) is 0 Å². The molecule has 350 valence electrons. The molecule has 3 aliphatic rings. The molecule has 0 spiro atoms. The molecule has 0 fully saturated rings. The van der Waals surface area contributed by atoms with Crippen LogP contribution < -0.4 is 20.6 Å². The zero-order valence-electron chi connectivity index (χ0n) is 43.4. The second-order valence-corrected chi connectivity index (χ2v) is 24.5. The summed E-state index contributed by atoms with van der Waals surface area (Å²) >= 11 is 0. The van der Waals surface area contributed by atoms with Gasteiger partial charge in [0, 0.05) is 50.5 Å². The summed E-state index contributed by atoms with van der Waals surface area (Å²) in [6.07, 6.45) is 2.33. The van der Waals surface area contributed by atoms with Crippen LogP contribution in [0.4, 0.5) is 28.4 Å². The van der Waals surface area contributed by atoms with E-state index in [1.807, 2.05) is 0 Å². The lowest BCUT2D eigenvalue weighted by molar-refractivity contribution is 0.332. The molecule has 71 heavy (non-hydrogen) atoms. The monoisotopic (exact) mass is 922 g/mol. The Morgan fingerprint density at radius 1 is 0.507 bits per heavy atom. The van der Waals surface area contributed by atoms with Crippen LogP contribution in [0.1, 0.15) is 110 Å². The summed E-state index contributed by atoms with van der Waals surface area (Å²) in [6.45, 7) is 25.9. The normalized spacial score (nSPS) is 15.6. The Labute approximate surface area is 420 Å². The van der Waals surface area contributed by atoms with Crippen LogP contribution in [0.25, 0.3) is 60.2 Å². The quantitative estimate of drug-likeness (QED) is 0.163. The average Bonchev–Trinajstić information content (AvgIpc) is 3.70. The van der Waals surface area contributed by atoms with Gasteiger partial charge >= 0.3 is 6.85 Å². The van der Waals surface area contributed by atoms with E-state index >= 15 is 0 Å². The highest BCUT2D eigenvalue weighted by atomic mass is 15.2. The number of rotatable bonds is 4. The molecule has 10 aromatic rings. The molecule has 0 radical (unpaired) electrons. The van der Waals surface area contributed by atoms with Crippen LogP contribution in [0.15, 0.2) is 164 Å². The van der Waals surface area contributed by atoms with Crippen molar-refractivity contribution < 1.29 is 0 Å². The maximum atomic E-state index is 2.78. The number of aryl methyl sites for hydroxylation is 1. The number of anilines is 5. The Morgan fingerprint density at radius 3 is 1.73 bits per heavy atom. The van der Waals surface area contributed by atoms with E-state index in [1.54, 1.807) is 0 Å². The fourth-order valence-corrected chi connectivity index (χ4v) is 13.0. The summed E-state index contributed by atoms with van der Waals surface area (Å²) in [5, 5.41) is 7.75. The van der Waals surface area contributed by atoms with Crippen molar-refractivity contribution in [2.45, 2.75) is 111 Å². The number of hydrogen-bond donors (Lipinski definition) is 0. The van der Waals surface area contributed by atoms with E-state index in [1.165, 1.54) is 117 Å². The molecule has 3 heterocycles. The standard InChI is InChI=1S/C67H64BN3/c1-41-37-53-54(67(10,11)36-35-66(53,8)9)40-57(41)71-58-39-48(69(46-28-24-44(25-29-46)64(2,3)4)47-30-26-45(27-31-47)65(5,6)7)32-33-51(58)61-50-20-15-13-18-43(50)38-59-62(61)68(71)55-22-16-21-52-60-49-19-14-12-17-42(49)23-34-56(60)70(59)63(52)55/h12-34,37-40H,35-36H2,1-11H3. The fourth-order valence-electron chi connectivity index (χ4n) is 13.0. The number of benzene rings is 9. The summed E-state index contributed by atoms with van der Waals surface area (Å²) < 4.78 is 2.63. The molecular weight excluding hydrogens is 858 g/mol. The van der Waals surface area contributed by atoms with E-state index in [0.717, 1.165) is 23.5 Å². The lowest BCUT2D eigenvalue weighted by Gasteiger charge is -2.46. The van der Waals surface area contributed by atoms with E-state index in [4.69, 9.17) is 0 Å². The minimum absolute atomic E-state index is 0.0301. The van der Waals surface area contributed by atoms with Crippen LogP contribution in [-0.4, -0.2) is 11.4 Å². The zero-order chi connectivity index (χ0) is 49.1. The lowest BCUT2D eigenvalue weighted by Crippen LogP contribution is -2.60. The first kappa shape index (κ1) is 43.9. The molecule has 0 unspecified atom stereocenters. The van der Waals surface area contributed by atoms with Crippen LogP contribution in [0.2, 0.25) is 0 Å². The summed E-state index contributed by atoms with van der Waals surface area (Å²) in [6, 6.07) is 63.6. The van der Waals surface area contributed by atoms with Gasteiger partial charge in [-0.2, -0.15) is 0 Å². The van der Waals surface area contributed by atoms with Crippen molar-refractivity contribution in [2.75, 3.05) is 9.71 Å². The van der Waals surface area contributed by atoms with Gasteiger partial charge in [-0.25, -0.2) is 0 Å². The van der Waals surface area contributed by atoms with Crippen LogP contribution in [0, 0.1) is 6.92 Å². The second kappa shape index (κ2) is 15.0. The van der Waals surface area contributed by atoms with E-state index < -0.39 is 0 Å². The summed E-state index contributed by atoms with van der Waals surface area (Å²) in [5.74, 6) is 0. The molecule has 2 aliphatic heterocycles. The highest BCUT2D eigenvalue weighted by Crippen LogP contribution is 2.53. The van der Waals surface area contributed by atoms with Gasteiger partial charge in [0.25, 0.3) is 0 Å². The highest BCUT2D eigenvalue weighted by Gasteiger charge is 2.46. The molecule has 1 aromatic heterocycles. The molecule has 3 nitrogen and oxygen atoms in total. The Hall–Kier alpha value is -7.04. The van der Waals surface area contributed by atoms with Crippen molar-refractivity contribution >= 4 is 89.6 Å². The van der Waals surface area contributed by atoms with Gasteiger partial charge in [-0.05, 0) is 162 Å². The molecule has 0 N–H and O–H groups in total. The smallest absolute Gasteiger partial charge is 0.333 e. The van der Waals surface area contributed by atoms with E-state index in [9.17, 15) is 0 Å². The zero-order valence-corrected chi connectivity index (χ0v) is 43.4. The third-order valence-electron chi connectivity index (χ3n) is 17.0. The topological polar surface area (TPSA) is 11.4 Å². The minimum atomic E-state index is -0.110. The van der Waals surface area contributed by atoms with Gasteiger partial charge in [0.1, 0.15) is 0 Å². The van der Waals surface area contributed by atoms with Gasteiger partial charge < -0.3 is 14.3 Å².